The monoisotopic (exact) mass is 351 g/mol. The summed E-state index contributed by atoms with van der Waals surface area (Å²) in [5, 5.41) is 0. The van der Waals surface area contributed by atoms with Crippen molar-refractivity contribution in [2.75, 3.05) is 44.2 Å². The summed E-state index contributed by atoms with van der Waals surface area (Å²) in [6, 6.07) is 3.80. The van der Waals surface area contributed by atoms with Gasteiger partial charge in [0.15, 0.2) is 0 Å². The second-order valence-corrected chi connectivity index (χ2v) is 5.64. The fourth-order valence-electron chi connectivity index (χ4n) is 2.33. The van der Waals surface area contributed by atoms with E-state index in [1.807, 2.05) is 0 Å². The van der Waals surface area contributed by atoms with Crippen LogP contribution >= 0.6 is 15.9 Å². The fraction of sp³-hybridized carbons (Fsp3) is 0.538. The summed E-state index contributed by atoms with van der Waals surface area (Å²) in [6.07, 6.45) is -4.30. The van der Waals surface area contributed by atoms with Gasteiger partial charge in [0.2, 0.25) is 0 Å². The molecular formula is C13H17BrF3N3. The van der Waals surface area contributed by atoms with Crippen molar-refractivity contribution in [3.63, 3.8) is 0 Å². The standard InChI is InChI=1S/C13H17BrF3N3/c14-11-9-10(13(15,16)17)1-2-12(11)20-7-5-19(4-3-18)6-8-20/h1-2,9H,3-8,18H2. The van der Waals surface area contributed by atoms with E-state index in [4.69, 9.17) is 5.73 Å². The van der Waals surface area contributed by atoms with E-state index in [1.54, 1.807) is 0 Å². The van der Waals surface area contributed by atoms with Crippen LogP contribution in [0.2, 0.25) is 0 Å². The van der Waals surface area contributed by atoms with Crippen LogP contribution in [0, 0.1) is 0 Å². The molecule has 0 unspecified atom stereocenters. The number of nitrogens with two attached hydrogens (primary N) is 1. The topological polar surface area (TPSA) is 32.5 Å². The van der Waals surface area contributed by atoms with Gasteiger partial charge in [0.05, 0.1) is 11.3 Å². The molecule has 2 N–H and O–H groups in total. The van der Waals surface area contributed by atoms with E-state index in [-0.39, 0.29) is 0 Å². The minimum Gasteiger partial charge on any atom is -0.368 e. The van der Waals surface area contributed by atoms with E-state index in [1.165, 1.54) is 6.07 Å². The summed E-state index contributed by atoms with van der Waals surface area (Å²) < 4.78 is 38.4. The molecule has 1 heterocycles. The predicted octanol–water partition coefficient (Wildman–Crippen LogP) is 2.55. The number of piperazine rings is 1. The van der Waals surface area contributed by atoms with Crippen LogP contribution in [0.5, 0.6) is 0 Å². The molecule has 3 nitrogen and oxygen atoms in total. The molecule has 0 saturated carbocycles. The number of hydrogen-bond donors (Lipinski definition) is 1. The van der Waals surface area contributed by atoms with Crippen LogP contribution in [0.25, 0.3) is 0 Å². The molecule has 1 saturated heterocycles. The highest BCUT2D eigenvalue weighted by molar-refractivity contribution is 9.10. The summed E-state index contributed by atoms with van der Waals surface area (Å²) >= 11 is 3.25. The molecule has 0 amide bonds. The van der Waals surface area contributed by atoms with Crippen molar-refractivity contribution in [2.24, 2.45) is 5.73 Å². The van der Waals surface area contributed by atoms with Crippen LogP contribution < -0.4 is 10.6 Å². The van der Waals surface area contributed by atoms with Gasteiger partial charge in [-0.3, -0.25) is 4.90 Å². The molecule has 0 atom stereocenters. The lowest BCUT2D eigenvalue weighted by molar-refractivity contribution is -0.137. The van der Waals surface area contributed by atoms with Crippen LogP contribution in [0.1, 0.15) is 5.56 Å². The number of nitrogens with zero attached hydrogens (tertiary/aromatic N) is 2. The lowest BCUT2D eigenvalue weighted by Gasteiger charge is -2.36. The summed E-state index contributed by atoms with van der Waals surface area (Å²) in [4.78, 5) is 4.35. The van der Waals surface area contributed by atoms with Gasteiger partial charge in [-0.2, -0.15) is 13.2 Å². The first kappa shape index (κ1) is 15.6. The number of benzene rings is 1. The molecule has 1 aliphatic heterocycles. The number of rotatable bonds is 3. The van der Waals surface area contributed by atoms with Gasteiger partial charge < -0.3 is 10.6 Å². The highest BCUT2D eigenvalue weighted by Gasteiger charge is 2.31. The quantitative estimate of drug-likeness (QED) is 0.908. The van der Waals surface area contributed by atoms with Crippen LogP contribution in [0.15, 0.2) is 22.7 Å². The van der Waals surface area contributed by atoms with Crippen LogP contribution in [-0.4, -0.2) is 44.2 Å². The zero-order valence-electron chi connectivity index (χ0n) is 11.0. The number of alkyl halides is 3. The molecule has 0 spiro atoms. The van der Waals surface area contributed by atoms with Gasteiger partial charge in [-0.1, -0.05) is 0 Å². The van der Waals surface area contributed by atoms with Gasteiger partial charge in [0.25, 0.3) is 0 Å². The molecule has 2 rings (SSSR count). The molecule has 1 aromatic carbocycles. The number of anilines is 1. The SMILES string of the molecule is NCCN1CCN(c2ccc(C(F)(F)F)cc2Br)CC1. The predicted molar refractivity (Wildman–Crippen MR) is 76.9 cm³/mol. The maximum absolute atomic E-state index is 12.6. The van der Waals surface area contributed by atoms with Crippen molar-refractivity contribution in [1.82, 2.24) is 4.90 Å². The van der Waals surface area contributed by atoms with E-state index in [0.29, 0.717) is 11.0 Å². The van der Waals surface area contributed by atoms with Gasteiger partial charge in [0.1, 0.15) is 0 Å². The van der Waals surface area contributed by atoms with Gasteiger partial charge in [-0.05, 0) is 34.1 Å². The van der Waals surface area contributed by atoms with Crippen LogP contribution in [0.3, 0.4) is 0 Å². The largest absolute Gasteiger partial charge is 0.416 e. The lowest BCUT2D eigenvalue weighted by atomic mass is 10.1. The first-order valence-corrected chi connectivity index (χ1v) is 7.25. The Hall–Kier alpha value is -0.790. The third kappa shape index (κ3) is 3.65. The number of halogens is 4. The lowest BCUT2D eigenvalue weighted by Crippen LogP contribution is -2.47. The maximum atomic E-state index is 12.6. The molecule has 1 aromatic rings. The number of hydrogen-bond acceptors (Lipinski definition) is 3. The molecule has 0 bridgehead atoms. The summed E-state index contributed by atoms with van der Waals surface area (Å²) in [6.45, 7) is 4.84. The Balaban J connectivity index is 2.07. The van der Waals surface area contributed by atoms with Crippen LogP contribution in [-0.2, 0) is 6.18 Å². The minimum atomic E-state index is -4.30. The van der Waals surface area contributed by atoms with Crippen molar-refractivity contribution < 1.29 is 13.2 Å². The molecule has 7 heteroatoms. The molecule has 20 heavy (non-hydrogen) atoms. The van der Waals surface area contributed by atoms with E-state index in [0.717, 1.165) is 50.5 Å². The normalized spacial score (nSPS) is 17.6. The maximum Gasteiger partial charge on any atom is 0.416 e. The van der Waals surface area contributed by atoms with Crippen molar-refractivity contribution in [2.45, 2.75) is 6.18 Å². The molecule has 0 radical (unpaired) electrons. The molecule has 1 aliphatic rings. The van der Waals surface area contributed by atoms with Crippen molar-refractivity contribution in [1.29, 1.82) is 0 Å². The molecule has 0 aliphatic carbocycles. The highest BCUT2D eigenvalue weighted by Crippen LogP contribution is 2.35. The molecule has 112 valence electrons. The van der Waals surface area contributed by atoms with E-state index >= 15 is 0 Å². The molecule has 1 fully saturated rings. The van der Waals surface area contributed by atoms with E-state index < -0.39 is 11.7 Å². The molecular weight excluding hydrogens is 335 g/mol. The third-order valence-electron chi connectivity index (χ3n) is 3.43. The Morgan fingerprint density at radius 3 is 2.30 bits per heavy atom. The van der Waals surface area contributed by atoms with E-state index in [2.05, 4.69) is 25.7 Å². The second kappa shape index (κ2) is 6.32. The fourth-order valence-corrected chi connectivity index (χ4v) is 2.96. The van der Waals surface area contributed by atoms with Crippen molar-refractivity contribution in [3.05, 3.63) is 28.2 Å². The first-order valence-electron chi connectivity index (χ1n) is 6.46. The summed E-state index contributed by atoms with van der Waals surface area (Å²) in [7, 11) is 0. The van der Waals surface area contributed by atoms with Crippen molar-refractivity contribution in [3.8, 4) is 0 Å². The second-order valence-electron chi connectivity index (χ2n) is 4.78. The van der Waals surface area contributed by atoms with Gasteiger partial charge in [-0.25, -0.2) is 0 Å². The van der Waals surface area contributed by atoms with Gasteiger partial charge >= 0.3 is 6.18 Å². The Bertz CT molecular complexity index is 457. The van der Waals surface area contributed by atoms with Crippen molar-refractivity contribution >= 4 is 21.6 Å². The average molecular weight is 352 g/mol. The summed E-state index contributed by atoms with van der Waals surface area (Å²) in [5.41, 5.74) is 5.70. The summed E-state index contributed by atoms with van der Waals surface area (Å²) in [5.74, 6) is 0. The zero-order chi connectivity index (χ0) is 14.8. The van der Waals surface area contributed by atoms with Crippen LogP contribution in [0.4, 0.5) is 18.9 Å². The Morgan fingerprint density at radius 1 is 1.15 bits per heavy atom. The Labute approximate surface area is 124 Å². The first-order chi connectivity index (χ1) is 9.41. The third-order valence-corrected chi connectivity index (χ3v) is 4.07. The zero-order valence-corrected chi connectivity index (χ0v) is 12.5. The minimum absolute atomic E-state index is 0.486. The average Bonchev–Trinajstić information content (AvgIpc) is 2.39. The van der Waals surface area contributed by atoms with E-state index in [9.17, 15) is 13.2 Å². The molecule has 0 aromatic heterocycles. The highest BCUT2D eigenvalue weighted by atomic mass is 79.9. The smallest absolute Gasteiger partial charge is 0.368 e. The Morgan fingerprint density at radius 2 is 1.80 bits per heavy atom. The van der Waals surface area contributed by atoms with Gasteiger partial charge in [0, 0.05) is 43.7 Å². The van der Waals surface area contributed by atoms with Gasteiger partial charge in [-0.15, -0.1) is 0 Å². The Kier molecular flexibility index (Phi) is 4.93.